The normalized spacial score (nSPS) is 11.5. The van der Waals surface area contributed by atoms with Crippen LogP contribution in [0.2, 0.25) is 5.02 Å². The second-order valence-corrected chi connectivity index (χ2v) is 7.54. The number of carbonyl (C=O) groups excluding carboxylic acids is 1. The van der Waals surface area contributed by atoms with Crippen LogP contribution in [0, 0.1) is 0 Å². The molecule has 0 unspecified atom stereocenters. The number of thioether (sulfide) groups is 1. The third-order valence-electron chi connectivity index (χ3n) is 4.23. The highest BCUT2D eigenvalue weighted by Gasteiger charge is 2.14. The summed E-state index contributed by atoms with van der Waals surface area (Å²) < 4.78 is 1.98. The molecular weight excluding hydrogens is 406 g/mol. The smallest absolute Gasteiger partial charge is 0.250 e. The van der Waals surface area contributed by atoms with Gasteiger partial charge in [-0.1, -0.05) is 60.6 Å². The van der Waals surface area contributed by atoms with Crippen LogP contribution in [0.1, 0.15) is 25.8 Å². The zero-order valence-corrected chi connectivity index (χ0v) is 17.9. The third kappa shape index (κ3) is 5.46. The molecule has 29 heavy (non-hydrogen) atoms. The summed E-state index contributed by atoms with van der Waals surface area (Å²) in [4.78, 5) is 12.3. The Kier molecular flexibility index (Phi) is 7.43. The fraction of sp³-hybridized carbons (Fsp3) is 0.238. The highest BCUT2D eigenvalue weighted by atomic mass is 35.5. The molecule has 3 aromatic rings. The lowest BCUT2D eigenvalue weighted by Crippen LogP contribution is -2.22. The van der Waals surface area contributed by atoms with Crippen molar-refractivity contribution >= 4 is 35.0 Å². The molecule has 0 spiro atoms. The van der Waals surface area contributed by atoms with Gasteiger partial charge in [-0.2, -0.15) is 5.10 Å². The van der Waals surface area contributed by atoms with Crippen molar-refractivity contribution in [3.8, 4) is 11.4 Å². The van der Waals surface area contributed by atoms with Crippen LogP contribution >= 0.6 is 23.4 Å². The number of nitrogens with one attached hydrogen (secondary N) is 1. The number of carbonyl (C=O) groups is 1. The molecule has 1 N–H and O–H groups in total. The summed E-state index contributed by atoms with van der Waals surface area (Å²) in [5.41, 5.74) is 5.41. The first-order valence-electron chi connectivity index (χ1n) is 9.35. The highest BCUT2D eigenvalue weighted by Crippen LogP contribution is 2.25. The maximum absolute atomic E-state index is 12.3. The number of benzene rings is 2. The van der Waals surface area contributed by atoms with Gasteiger partial charge in [0.15, 0.2) is 11.0 Å². The van der Waals surface area contributed by atoms with Crippen LogP contribution in [0.15, 0.2) is 64.9 Å². The van der Waals surface area contributed by atoms with Gasteiger partial charge in [0.25, 0.3) is 5.91 Å². The molecule has 1 heterocycles. The van der Waals surface area contributed by atoms with Crippen LogP contribution in [-0.4, -0.2) is 32.1 Å². The fourth-order valence-corrected chi connectivity index (χ4v) is 3.68. The summed E-state index contributed by atoms with van der Waals surface area (Å²) in [6.07, 6.45) is 0.728. The van der Waals surface area contributed by atoms with Crippen molar-refractivity contribution in [3.05, 3.63) is 65.2 Å². The first-order valence-corrected chi connectivity index (χ1v) is 10.7. The van der Waals surface area contributed by atoms with E-state index in [2.05, 4.69) is 20.7 Å². The number of hydrazone groups is 1. The minimum atomic E-state index is -0.185. The van der Waals surface area contributed by atoms with Crippen LogP contribution in [0.3, 0.4) is 0 Å². The van der Waals surface area contributed by atoms with Gasteiger partial charge in [-0.15, -0.1) is 10.2 Å². The van der Waals surface area contributed by atoms with E-state index in [1.165, 1.54) is 11.8 Å². The standard InChI is InChI=1S/C21H22ClN5OS/c1-3-18(15-8-6-5-7-9-15)23-24-19(28)14-29-21-26-25-20(27(21)4-2)16-10-12-17(22)13-11-16/h5-13H,3-4,14H2,1-2H3,(H,24,28). The Bertz CT molecular complexity index is 986. The van der Waals surface area contributed by atoms with Gasteiger partial charge in [-0.25, -0.2) is 5.43 Å². The van der Waals surface area contributed by atoms with Crippen LogP contribution in [0.25, 0.3) is 11.4 Å². The monoisotopic (exact) mass is 427 g/mol. The second kappa shape index (κ2) is 10.2. The van der Waals surface area contributed by atoms with E-state index in [0.29, 0.717) is 16.7 Å². The van der Waals surface area contributed by atoms with E-state index >= 15 is 0 Å². The number of aromatic nitrogens is 3. The average molecular weight is 428 g/mol. The predicted octanol–water partition coefficient (Wildman–Crippen LogP) is 4.64. The largest absolute Gasteiger partial charge is 0.302 e. The van der Waals surface area contributed by atoms with Gasteiger partial charge in [-0.3, -0.25) is 4.79 Å². The highest BCUT2D eigenvalue weighted by molar-refractivity contribution is 7.99. The van der Waals surface area contributed by atoms with Gasteiger partial charge in [0.1, 0.15) is 0 Å². The minimum absolute atomic E-state index is 0.185. The maximum Gasteiger partial charge on any atom is 0.250 e. The number of amides is 1. The quantitative estimate of drug-likeness (QED) is 0.323. The van der Waals surface area contributed by atoms with Gasteiger partial charge >= 0.3 is 0 Å². The van der Waals surface area contributed by atoms with Crippen LogP contribution in [0.5, 0.6) is 0 Å². The number of hydrogen-bond acceptors (Lipinski definition) is 5. The van der Waals surface area contributed by atoms with Crippen molar-refractivity contribution in [3.63, 3.8) is 0 Å². The SMILES string of the molecule is CCC(=NNC(=O)CSc1nnc(-c2ccc(Cl)cc2)n1CC)c1ccccc1. The fourth-order valence-electron chi connectivity index (χ4n) is 2.76. The van der Waals surface area contributed by atoms with Crippen LogP contribution in [-0.2, 0) is 11.3 Å². The molecule has 0 aliphatic heterocycles. The molecule has 0 aliphatic carbocycles. The molecule has 0 aliphatic rings. The van der Waals surface area contributed by atoms with Crippen molar-refractivity contribution in [1.29, 1.82) is 0 Å². The van der Waals surface area contributed by atoms with Crippen molar-refractivity contribution < 1.29 is 4.79 Å². The Morgan fingerprint density at radius 1 is 1.10 bits per heavy atom. The molecule has 8 heteroatoms. The van der Waals surface area contributed by atoms with E-state index in [1.807, 2.05) is 73.0 Å². The van der Waals surface area contributed by atoms with E-state index in [9.17, 15) is 4.79 Å². The molecule has 150 valence electrons. The average Bonchev–Trinajstić information content (AvgIpc) is 3.17. The molecular formula is C21H22ClN5OS. The first-order chi connectivity index (χ1) is 14.1. The molecule has 0 radical (unpaired) electrons. The van der Waals surface area contributed by atoms with Gasteiger partial charge in [0.2, 0.25) is 0 Å². The van der Waals surface area contributed by atoms with Gasteiger partial charge in [0.05, 0.1) is 11.5 Å². The topological polar surface area (TPSA) is 72.2 Å². The number of halogens is 1. The lowest BCUT2D eigenvalue weighted by Gasteiger charge is -2.07. The molecule has 0 bridgehead atoms. The van der Waals surface area contributed by atoms with Crippen molar-refractivity contribution in [2.24, 2.45) is 5.10 Å². The van der Waals surface area contributed by atoms with Crippen molar-refractivity contribution in [1.82, 2.24) is 20.2 Å². The number of rotatable bonds is 8. The van der Waals surface area contributed by atoms with Crippen molar-refractivity contribution in [2.75, 3.05) is 5.75 Å². The van der Waals surface area contributed by atoms with E-state index in [4.69, 9.17) is 11.6 Å². The van der Waals surface area contributed by atoms with Crippen LogP contribution < -0.4 is 5.43 Å². The maximum atomic E-state index is 12.3. The van der Waals surface area contributed by atoms with E-state index in [0.717, 1.165) is 29.1 Å². The molecule has 1 amide bonds. The summed E-state index contributed by atoms with van der Waals surface area (Å²) in [6, 6.07) is 17.3. The lowest BCUT2D eigenvalue weighted by atomic mass is 10.1. The molecule has 0 saturated carbocycles. The Morgan fingerprint density at radius 3 is 2.48 bits per heavy atom. The summed E-state index contributed by atoms with van der Waals surface area (Å²) in [5, 5.41) is 14.2. The van der Waals surface area contributed by atoms with E-state index < -0.39 is 0 Å². The Labute approximate surface area is 179 Å². The molecule has 6 nitrogen and oxygen atoms in total. The zero-order chi connectivity index (χ0) is 20.6. The summed E-state index contributed by atoms with van der Waals surface area (Å²) in [6.45, 7) is 4.72. The van der Waals surface area contributed by atoms with Gasteiger partial charge < -0.3 is 4.57 Å². The predicted molar refractivity (Wildman–Crippen MR) is 118 cm³/mol. The lowest BCUT2D eigenvalue weighted by molar-refractivity contribution is -0.118. The molecule has 0 fully saturated rings. The summed E-state index contributed by atoms with van der Waals surface area (Å²) in [7, 11) is 0. The second-order valence-electron chi connectivity index (χ2n) is 6.16. The van der Waals surface area contributed by atoms with E-state index in [-0.39, 0.29) is 11.7 Å². The first kappa shape index (κ1) is 21.1. The summed E-state index contributed by atoms with van der Waals surface area (Å²) >= 11 is 7.30. The number of hydrogen-bond donors (Lipinski definition) is 1. The zero-order valence-electron chi connectivity index (χ0n) is 16.3. The Morgan fingerprint density at radius 2 is 1.83 bits per heavy atom. The third-order valence-corrected chi connectivity index (χ3v) is 5.44. The van der Waals surface area contributed by atoms with E-state index in [1.54, 1.807) is 0 Å². The minimum Gasteiger partial charge on any atom is -0.302 e. The Hall–Kier alpha value is -2.64. The molecule has 2 aromatic carbocycles. The van der Waals surface area contributed by atoms with Crippen molar-refractivity contribution in [2.45, 2.75) is 32.0 Å². The van der Waals surface area contributed by atoms with Crippen LogP contribution in [0.4, 0.5) is 0 Å². The Balaban J connectivity index is 1.64. The summed E-state index contributed by atoms with van der Waals surface area (Å²) in [5.74, 6) is 0.770. The molecule has 1 aromatic heterocycles. The van der Waals surface area contributed by atoms with Gasteiger partial charge in [0, 0.05) is 17.1 Å². The number of nitrogens with zero attached hydrogens (tertiary/aromatic N) is 4. The molecule has 0 atom stereocenters. The molecule has 3 rings (SSSR count). The van der Waals surface area contributed by atoms with Gasteiger partial charge in [-0.05, 0) is 43.2 Å². The molecule has 0 saturated heterocycles.